The van der Waals surface area contributed by atoms with Crippen LogP contribution in [0.15, 0.2) is 68.9 Å². The van der Waals surface area contributed by atoms with E-state index in [1.165, 1.54) is 6.07 Å². The van der Waals surface area contributed by atoms with E-state index in [1.54, 1.807) is 42.5 Å². The maximum atomic E-state index is 13.0. The molecule has 0 aliphatic rings. The lowest BCUT2D eigenvalue weighted by atomic mass is 10.0. The summed E-state index contributed by atoms with van der Waals surface area (Å²) in [6.45, 7) is 2.00. The van der Waals surface area contributed by atoms with Crippen LogP contribution >= 0.6 is 22.9 Å². The first-order valence-corrected chi connectivity index (χ1v) is 10.7. The lowest BCUT2D eigenvalue weighted by Gasteiger charge is -2.19. The lowest BCUT2D eigenvalue weighted by molar-refractivity contribution is 0.0943. The standard InChI is InChI=1S/C22H18ClN3O3S/c1-2-26-21(28)17-8-5-14(11-18(17)24-22(26)29)20(27)25-19(15-9-10-30-12-15)13-3-6-16(23)7-4-13/h3-12,19H,2H2,1H3,(H,24,29)(H,25,27). The number of amides is 1. The van der Waals surface area contributed by atoms with Crippen molar-refractivity contribution >= 4 is 39.7 Å². The van der Waals surface area contributed by atoms with Crippen molar-refractivity contribution in [3.8, 4) is 0 Å². The highest BCUT2D eigenvalue weighted by Crippen LogP contribution is 2.26. The summed E-state index contributed by atoms with van der Waals surface area (Å²) in [6, 6.07) is 13.6. The van der Waals surface area contributed by atoms with Crippen molar-refractivity contribution in [3.05, 3.63) is 102 Å². The number of hydrogen-bond donors (Lipinski definition) is 2. The van der Waals surface area contributed by atoms with Crippen LogP contribution in [0, 0.1) is 0 Å². The minimum atomic E-state index is -0.495. The molecule has 1 amide bonds. The van der Waals surface area contributed by atoms with E-state index in [-0.39, 0.29) is 24.1 Å². The van der Waals surface area contributed by atoms with Crippen molar-refractivity contribution in [2.24, 2.45) is 0 Å². The summed E-state index contributed by atoms with van der Waals surface area (Å²) < 4.78 is 1.12. The normalized spacial score (nSPS) is 12.1. The predicted molar refractivity (Wildman–Crippen MR) is 120 cm³/mol. The van der Waals surface area contributed by atoms with Gasteiger partial charge in [0.2, 0.25) is 0 Å². The molecule has 0 radical (unpaired) electrons. The van der Waals surface area contributed by atoms with Gasteiger partial charge >= 0.3 is 5.69 Å². The van der Waals surface area contributed by atoms with Gasteiger partial charge in [-0.1, -0.05) is 23.7 Å². The summed E-state index contributed by atoms with van der Waals surface area (Å²) in [4.78, 5) is 40.2. The highest BCUT2D eigenvalue weighted by atomic mass is 35.5. The largest absolute Gasteiger partial charge is 0.341 e. The summed E-state index contributed by atoms with van der Waals surface area (Å²) in [5, 5.41) is 7.94. The van der Waals surface area contributed by atoms with Crippen molar-refractivity contribution in [3.63, 3.8) is 0 Å². The zero-order chi connectivity index (χ0) is 21.3. The van der Waals surface area contributed by atoms with Crippen LogP contribution in [0.25, 0.3) is 10.9 Å². The molecule has 0 saturated heterocycles. The van der Waals surface area contributed by atoms with Crippen molar-refractivity contribution in [1.82, 2.24) is 14.9 Å². The quantitative estimate of drug-likeness (QED) is 0.494. The van der Waals surface area contributed by atoms with Gasteiger partial charge in [0.05, 0.1) is 16.9 Å². The molecular formula is C22H18ClN3O3S. The van der Waals surface area contributed by atoms with E-state index >= 15 is 0 Å². The van der Waals surface area contributed by atoms with E-state index in [0.29, 0.717) is 21.5 Å². The molecule has 2 aromatic carbocycles. The lowest BCUT2D eigenvalue weighted by Crippen LogP contribution is -2.34. The van der Waals surface area contributed by atoms with Gasteiger partial charge in [0.1, 0.15) is 0 Å². The van der Waals surface area contributed by atoms with Gasteiger partial charge in [-0.15, -0.1) is 0 Å². The Morgan fingerprint density at radius 1 is 1.13 bits per heavy atom. The molecule has 2 N–H and O–H groups in total. The topological polar surface area (TPSA) is 84.0 Å². The number of carbonyl (C=O) groups excluding carboxylic acids is 1. The molecule has 1 unspecified atom stereocenters. The van der Waals surface area contributed by atoms with Crippen LogP contribution in [0.1, 0.15) is 34.5 Å². The minimum Gasteiger partial charge on any atom is -0.341 e. The molecule has 6 nitrogen and oxygen atoms in total. The van der Waals surface area contributed by atoms with Gasteiger partial charge in [0.15, 0.2) is 0 Å². The van der Waals surface area contributed by atoms with Crippen molar-refractivity contribution in [2.45, 2.75) is 19.5 Å². The first kappa shape index (κ1) is 20.1. The number of fused-ring (bicyclic) bond motifs is 1. The smallest absolute Gasteiger partial charge is 0.328 e. The molecule has 1 atom stereocenters. The van der Waals surface area contributed by atoms with E-state index in [9.17, 15) is 14.4 Å². The highest BCUT2D eigenvalue weighted by Gasteiger charge is 2.19. The summed E-state index contributed by atoms with van der Waals surface area (Å²) in [7, 11) is 0. The third-order valence-electron chi connectivity index (χ3n) is 4.92. The number of benzene rings is 2. The highest BCUT2D eigenvalue weighted by molar-refractivity contribution is 7.08. The zero-order valence-electron chi connectivity index (χ0n) is 16.0. The predicted octanol–water partition coefficient (Wildman–Crippen LogP) is 3.94. The number of rotatable bonds is 5. The molecular weight excluding hydrogens is 422 g/mol. The maximum absolute atomic E-state index is 13.0. The molecule has 0 aliphatic carbocycles. The fourth-order valence-corrected chi connectivity index (χ4v) is 4.16. The third-order valence-corrected chi connectivity index (χ3v) is 5.87. The van der Waals surface area contributed by atoms with Crippen LogP contribution in [0.2, 0.25) is 5.02 Å². The van der Waals surface area contributed by atoms with Crippen molar-refractivity contribution < 1.29 is 4.79 Å². The second-order valence-electron chi connectivity index (χ2n) is 6.75. The Bertz CT molecular complexity index is 1320. The molecule has 4 rings (SSSR count). The number of H-pyrrole nitrogens is 1. The second-order valence-corrected chi connectivity index (χ2v) is 7.97. The molecule has 2 heterocycles. The number of thiophene rings is 1. The van der Waals surface area contributed by atoms with Crippen molar-refractivity contribution in [1.29, 1.82) is 0 Å². The molecule has 0 aliphatic heterocycles. The Kier molecular flexibility index (Phi) is 5.57. The fourth-order valence-electron chi connectivity index (χ4n) is 3.35. The average Bonchev–Trinajstić information content (AvgIpc) is 3.27. The zero-order valence-corrected chi connectivity index (χ0v) is 17.6. The Labute approximate surface area is 180 Å². The van der Waals surface area contributed by atoms with E-state index in [4.69, 9.17) is 11.6 Å². The van der Waals surface area contributed by atoms with Gasteiger partial charge < -0.3 is 10.3 Å². The Morgan fingerprint density at radius 2 is 1.90 bits per heavy atom. The molecule has 0 bridgehead atoms. The fraction of sp³-hybridized carbons (Fsp3) is 0.136. The number of nitrogens with one attached hydrogen (secondary N) is 2. The van der Waals surface area contributed by atoms with Gasteiger partial charge in [-0.25, -0.2) is 4.79 Å². The molecule has 0 saturated carbocycles. The number of hydrogen-bond acceptors (Lipinski definition) is 4. The van der Waals surface area contributed by atoms with Crippen LogP contribution in [-0.4, -0.2) is 15.5 Å². The third kappa shape index (κ3) is 3.81. The number of aromatic amines is 1. The summed E-state index contributed by atoms with van der Waals surface area (Å²) in [6.07, 6.45) is 0. The number of halogens is 1. The first-order valence-electron chi connectivity index (χ1n) is 9.33. The maximum Gasteiger partial charge on any atom is 0.328 e. The number of nitrogens with zero attached hydrogens (tertiary/aromatic N) is 1. The SMILES string of the molecule is CCn1c(=O)[nH]c2cc(C(=O)NC(c3ccc(Cl)cc3)c3ccsc3)ccc2c1=O. The van der Waals surface area contributed by atoms with Gasteiger partial charge in [-0.3, -0.25) is 14.2 Å². The summed E-state index contributed by atoms with van der Waals surface area (Å²) >= 11 is 7.55. The van der Waals surface area contributed by atoms with Gasteiger partial charge in [-0.05, 0) is 65.2 Å². The van der Waals surface area contributed by atoms with E-state index in [2.05, 4.69) is 10.3 Å². The van der Waals surface area contributed by atoms with Gasteiger partial charge in [0.25, 0.3) is 11.5 Å². The molecule has 0 spiro atoms. The van der Waals surface area contributed by atoms with Gasteiger partial charge in [-0.2, -0.15) is 11.3 Å². The molecule has 30 heavy (non-hydrogen) atoms. The van der Waals surface area contributed by atoms with Crippen LogP contribution in [0.5, 0.6) is 0 Å². The molecule has 8 heteroatoms. The summed E-state index contributed by atoms with van der Waals surface area (Å²) in [5.41, 5.74) is 1.66. The Morgan fingerprint density at radius 3 is 2.57 bits per heavy atom. The van der Waals surface area contributed by atoms with E-state index in [1.807, 2.05) is 29.0 Å². The van der Waals surface area contributed by atoms with Gasteiger partial charge in [0, 0.05) is 17.1 Å². The molecule has 4 aromatic rings. The van der Waals surface area contributed by atoms with Crippen LogP contribution in [-0.2, 0) is 6.54 Å². The first-order chi connectivity index (χ1) is 14.5. The van der Waals surface area contributed by atoms with E-state index in [0.717, 1.165) is 15.7 Å². The van der Waals surface area contributed by atoms with Crippen LogP contribution in [0.4, 0.5) is 0 Å². The van der Waals surface area contributed by atoms with Crippen LogP contribution < -0.4 is 16.6 Å². The Hall–Kier alpha value is -3.16. The molecule has 2 aromatic heterocycles. The second kappa shape index (κ2) is 8.30. The number of carbonyl (C=O) groups is 1. The Balaban J connectivity index is 1.70. The van der Waals surface area contributed by atoms with Crippen molar-refractivity contribution in [2.75, 3.05) is 0 Å². The summed E-state index contributed by atoms with van der Waals surface area (Å²) in [5.74, 6) is -0.316. The number of aromatic nitrogens is 2. The average molecular weight is 440 g/mol. The monoisotopic (exact) mass is 439 g/mol. The molecule has 152 valence electrons. The van der Waals surface area contributed by atoms with Crippen LogP contribution in [0.3, 0.4) is 0 Å². The minimum absolute atomic E-state index is 0.274. The van der Waals surface area contributed by atoms with E-state index < -0.39 is 5.69 Å². The molecule has 0 fully saturated rings.